The lowest BCUT2D eigenvalue weighted by Gasteiger charge is -2.22. The zero-order valence-corrected chi connectivity index (χ0v) is 7.36. The van der Waals surface area contributed by atoms with E-state index >= 15 is 0 Å². The maximum atomic E-state index is 10.5. The van der Waals surface area contributed by atoms with Gasteiger partial charge < -0.3 is 25.5 Å². The molecule has 0 aromatic carbocycles. The number of carbonyl (C=O) groups excluding carboxylic acids is 1. The molecule has 4 atom stereocenters. The third-order valence-electron chi connectivity index (χ3n) is 1.67. The number of carboxylic acid groups (broad SMARTS) is 1. The van der Waals surface area contributed by atoms with Gasteiger partial charge in [0.2, 0.25) is 0 Å². The summed E-state index contributed by atoms with van der Waals surface area (Å²) >= 11 is 0. The molecule has 0 fully saturated rings. The van der Waals surface area contributed by atoms with Crippen LogP contribution < -0.4 is 0 Å². The summed E-state index contributed by atoms with van der Waals surface area (Å²) in [5.41, 5.74) is 0. The van der Waals surface area contributed by atoms with Crippen molar-refractivity contribution >= 4 is 11.8 Å². The first kappa shape index (κ1) is 13.0. The molecular weight excluding hydrogens is 196 g/mol. The minimum Gasteiger partial charge on any atom is -0.479 e. The molecule has 14 heavy (non-hydrogen) atoms. The van der Waals surface area contributed by atoms with Gasteiger partial charge >= 0.3 is 5.97 Å². The molecule has 0 aromatic heterocycles. The summed E-state index contributed by atoms with van der Waals surface area (Å²) in [4.78, 5) is 20.7. The van der Waals surface area contributed by atoms with Crippen molar-refractivity contribution in [2.45, 2.75) is 31.3 Å². The molecule has 0 heterocycles. The largest absolute Gasteiger partial charge is 0.479 e. The van der Waals surface area contributed by atoms with Crippen molar-refractivity contribution in [1.82, 2.24) is 0 Å². The maximum absolute atomic E-state index is 10.5. The summed E-state index contributed by atoms with van der Waals surface area (Å²) in [6.07, 6.45) is -8.32. The number of hydrogen-bond acceptors (Lipinski definition) is 6. The van der Waals surface area contributed by atoms with Crippen LogP contribution in [0, 0.1) is 0 Å². The third kappa shape index (κ3) is 3.04. The minimum absolute atomic E-state index is 0.839. The van der Waals surface area contributed by atoms with E-state index in [2.05, 4.69) is 0 Å². The number of aliphatic hydroxyl groups excluding tert-OH is 4. The Hall–Kier alpha value is -1.02. The second-order valence-electron chi connectivity index (χ2n) is 2.82. The molecule has 0 aliphatic carbocycles. The van der Waals surface area contributed by atoms with Crippen LogP contribution >= 0.6 is 0 Å². The summed E-state index contributed by atoms with van der Waals surface area (Å²) in [5.74, 6) is -2.60. The Labute approximate surface area is 79.2 Å². The molecule has 0 aliphatic heterocycles. The molecule has 0 spiro atoms. The van der Waals surface area contributed by atoms with Crippen LogP contribution in [0.15, 0.2) is 0 Å². The van der Waals surface area contributed by atoms with Crippen molar-refractivity contribution in [3.63, 3.8) is 0 Å². The van der Waals surface area contributed by atoms with Gasteiger partial charge in [0.15, 0.2) is 11.9 Å². The fourth-order valence-corrected chi connectivity index (χ4v) is 0.760. The van der Waals surface area contributed by atoms with Crippen LogP contribution in [0.1, 0.15) is 6.92 Å². The van der Waals surface area contributed by atoms with E-state index in [1.54, 1.807) is 0 Å². The van der Waals surface area contributed by atoms with Crippen LogP contribution in [-0.2, 0) is 9.59 Å². The lowest BCUT2D eigenvalue weighted by atomic mass is 10.0. The fourth-order valence-electron chi connectivity index (χ4n) is 0.760. The molecule has 0 bridgehead atoms. The molecule has 7 nitrogen and oxygen atoms in total. The third-order valence-corrected chi connectivity index (χ3v) is 1.67. The fraction of sp³-hybridized carbons (Fsp3) is 0.714. The van der Waals surface area contributed by atoms with Gasteiger partial charge in [-0.25, -0.2) is 4.79 Å². The number of aliphatic carboxylic acids is 1. The van der Waals surface area contributed by atoms with Crippen molar-refractivity contribution < 1.29 is 35.1 Å². The molecule has 0 aliphatic rings. The van der Waals surface area contributed by atoms with Gasteiger partial charge in [-0.1, -0.05) is 0 Å². The highest BCUT2D eigenvalue weighted by atomic mass is 16.4. The van der Waals surface area contributed by atoms with Crippen LogP contribution in [0.5, 0.6) is 0 Å². The molecule has 0 aromatic rings. The Morgan fingerprint density at radius 2 is 1.29 bits per heavy atom. The summed E-state index contributed by atoms with van der Waals surface area (Å²) in [7, 11) is 0. The van der Waals surface area contributed by atoms with E-state index in [1.807, 2.05) is 0 Å². The van der Waals surface area contributed by atoms with Crippen molar-refractivity contribution in [2.75, 3.05) is 0 Å². The van der Waals surface area contributed by atoms with Gasteiger partial charge in [0.25, 0.3) is 0 Å². The number of hydrogen-bond donors (Lipinski definition) is 5. The quantitative estimate of drug-likeness (QED) is 0.327. The van der Waals surface area contributed by atoms with Gasteiger partial charge in [0.05, 0.1) is 0 Å². The molecule has 82 valence electrons. The van der Waals surface area contributed by atoms with E-state index in [4.69, 9.17) is 25.5 Å². The van der Waals surface area contributed by atoms with Gasteiger partial charge in [0.1, 0.15) is 18.3 Å². The van der Waals surface area contributed by atoms with Crippen LogP contribution in [0.25, 0.3) is 0 Å². The SMILES string of the molecule is CC(=O)[C@H](O)[C@H](O)[C@H](O)[C@H](O)C(=O)O. The van der Waals surface area contributed by atoms with Crippen molar-refractivity contribution in [3.05, 3.63) is 0 Å². The predicted octanol–water partition coefficient (Wildman–Crippen LogP) is -2.90. The zero-order chi connectivity index (χ0) is 11.5. The first-order valence-corrected chi connectivity index (χ1v) is 3.74. The van der Waals surface area contributed by atoms with E-state index in [0.717, 1.165) is 6.92 Å². The summed E-state index contributed by atoms with van der Waals surface area (Å²) < 4.78 is 0. The van der Waals surface area contributed by atoms with Gasteiger partial charge in [-0.3, -0.25) is 4.79 Å². The lowest BCUT2D eigenvalue weighted by Crippen LogP contribution is -2.49. The average Bonchev–Trinajstić information content (AvgIpc) is 2.12. The first-order valence-electron chi connectivity index (χ1n) is 3.74. The average molecular weight is 208 g/mol. The number of Topliss-reactive ketones (excluding diaryl/α,β-unsaturated/α-hetero) is 1. The topological polar surface area (TPSA) is 135 Å². The number of ketones is 1. The predicted molar refractivity (Wildman–Crippen MR) is 42.3 cm³/mol. The minimum atomic E-state index is -2.25. The zero-order valence-electron chi connectivity index (χ0n) is 7.36. The molecule has 0 rings (SSSR count). The smallest absolute Gasteiger partial charge is 0.335 e. The molecule has 5 N–H and O–H groups in total. The van der Waals surface area contributed by atoms with E-state index < -0.39 is 36.2 Å². The van der Waals surface area contributed by atoms with Crippen LogP contribution in [-0.4, -0.2) is 61.7 Å². The first-order chi connectivity index (χ1) is 6.29. The van der Waals surface area contributed by atoms with Crippen molar-refractivity contribution in [2.24, 2.45) is 0 Å². The number of aliphatic hydroxyl groups is 4. The van der Waals surface area contributed by atoms with Crippen LogP contribution in [0.3, 0.4) is 0 Å². The van der Waals surface area contributed by atoms with E-state index in [9.17, 15) is 9.59 Å². The molecule has 0 amide bonds. The van der Waals surface area contributed by atoms with Crippen LogP contribution in [0.2, 0.25) is 0 Å². The van der Waals surface area contributed by atoms with Gasteiger partial charge in [-0.2, -0.15) is 0 Å². The molecule has 0 saturated heterocycles. The number of carboxylic acids is 1. The molecule has 0 radical (unpaired) electrons. The van der Waals surface area contributed by atoms with Gasteiger partial charge in [-0.05, 0) is 6.92 Å². The second kappa shape index (κ2) is 5.01. The highest BCUT2D eigenvalue weighted by molar-refractivity contribution is 5.81. The number of rotatable bonds is 5. The summed E-state index contributed by atoms with van der Waals surface area (Å²) in [5, 5.41) is 43.9. The molecule has 0 unspecified atom stereocenters. The Balaban J connectivity index is 4.45. The lowest BCUT2D eigenvalue weighted by molar-refractivity contribution is -0.165. The Kier molecular flexibility index (Phi) is 4.64. The van der Waals surface area contributed by atoms with E-state index in [0.29, 0.717) is 0 Å². The highest BCUT2D eigenvalue weighted by Gasteiger charge is 2.35. The Morgan fingerprint density at radius 3 is 1.57 bits per heavy atom. The van der Waals surface area contributed by atoms with Gasteiger partial charge in [0, 0.05) is 0 Å². The monoisotopic (exact) mass is 208 g/mol. The second-order valence-corrected chi connectivity index (χ2v) is 2.82. The summed E-state index contributed by atoms with van der Waals surface area (Å²) in [6, 6.07) is 0. The normalized spacial score (nSPS) is 19.5. The standard InChI is InChI=1S/C7H12O7/c1-2(8)3(9)4(10)5(11)6(12)7(13)14/h3-6,9-12H,1H3,(H,13,14)/t3-,4-,5-,6-/m0/s1. The van der Waals surface area contributed by atoms with E-state index in [1.165, 1.54) is 0 Å². The van der Waals surface area contributed by atoms with Crippen molar-refractivity contribution in [3.8, 4) is 0 Å². The molecule has 0 saturated carbocycles. The van der Waals surface area contributed by atoms with E-state index in [-0.39, 0.29) is 0 Å². The number of carbonyl (C=O) groups is 2. The Bertz CT molecular complexity index is 202. The molecular formula is C7H12O7. The van der Waals surface area contributed by atoms with Crippen LogP contribution in [0.4, 0.5) is 0 Å². The van der Waals surface area contributed by atoms with Gasteiger partial charge in [-0.15, -0.1) is 0 Å². The maximum Gasteiger partial charge on any atom is 0.335 e. The Morgan fingerprint density at radius 1 is 0.929 bits per heavy atom. The van der Waals surface area contributed by atoms with Crippen molar-refractivity contribution in [1.29, 1.82) is 0 Å². The highest BCUT2D eigenvalue weighted by Crippen LogP contribution is 2.06. The molecule has 7 heteroatoms. The summed E-state index contributed by atoms with van der Waals surface area (Å²) in [6.45, 7) is 0.952.